The Morgan fingerprint density at radius 1 is 1.33 bits per heavy atom. The minimum absolute atomic E-state index is 0.0101. The van der Waals surface area contributed by atoms with Crippen LogP contribution < -0.4 is 5.73 Å². The number of thiol groups is 1. The number of aliphatic hydroxyl groups is 3. The van der Waals surface area contributed by atoms with Crippen LogP contribution in [0, 0.1) is 0 Å². The summed E-state index contributed by atoms with van der Waals surface area (Å²) in [6.07, 6.45) is -3.78. The first-order valence-electron chi connectivity index (χ1n) is 3.40. The maximum atomic E-state index is 10.1. The van der Waals surface area contributed by atoms with Crippen LogP contribution in [-0.4, -0.2) is 51.7 Å². The van der Waals surface area contributed by atoms with Crippen molar-refractivity contribution in [3.63, 3.8) is 0 Å². The van der Waals surface area contributed by atoms with E-state index in [1.807, 2.05) is 0 Å². The van der Waals surface area contributed by atoms with Crippen molar-refractivity contribution in [3.05, 3.63) is 0 Å². The highest BCUT2D eigenvalue weighted by molar-refractivity contribution is 7.80. The van der Waals surface area contributed by atoms with E-state index >= 15 is 0 Å². The van der Waals surface area contributed by atoms with Gasteiger partial charge in [-0.2, -0.15) is 12.6 Å². The van der Waals surface area contributed by atoms with Gasteiger partial charge in [-0.15, -0.1) is 0 Å². The van der Waals surface area contributed by atoms with Gasteiger partial charge >= 0.3 is 0 Å². The summed E-state index contributed by atoms with van der Waals surface area (Å²) < 4.78 is 0. The lowest BCUT2D eigenvalue weighted by Crippen LogP contribution is -2.49. The van der Waals surface area contributed by atoms with Gasteiger partial charge in [0.2, 0.25) is 0 Å². The van der Waals surface area contributed by atoms with Gasteiger partial charge in [0.15, 0.2) is 0 Å². The molecule has 12 heavy (non-hydrogen) atoms. The minimum Gasteiger partial charge on any atom is -0.389 e. The molecule has 6 heteroatoms. The standard InChI is InChI=1S/C6H13NO4S/c7-3(1-8)5(10)6(11)4(9)2-12/h1,3-6,9-12H,2,7H2/t3-,4+,5+,6+/m0/s1. The SMILES string of the molecule is N[C@@H](C=O)[C@@H](O)[C@H](O)[C@H](O)CS. The van der Waals surface area contributed by atoms with Gasteiger partial charge in [-0.25, -0.2) is 0 Å². The average molecular weight is 195 g/mol. The van der Waals surface area contributed by atoms with Gasteiger partial charge in [0, 0.05) is 5.75 Å². The van der Waals surface area contributed by atoms with E-state index in [0.29, 0.717) is 6.29 Å². The topological polar surface area (TPSA) is 104 Å². The number of aldehydes is 1. The van der Waals surface area contributed by atoms with Crippen LogP contribution in [0.25, 0.3) is 0 Å². The molecule has 5 nitrogen and oxygen atoms in total. The smallest absolute Gasteiger partial charge is 0.139 e. The Morgan fingerprint density at radius 3 is 2.17 bits per heavy atom. The van der Waals surface area contributed by atoms with Gasteiger partial charge < -0.3 is 25.8 Å². The summed E-state index contributed by atoms with van der Waals surface area (Å²) in [6, 6.07) is -1.19. The highest BCUT2D eigenvalue weighted by Gasteiger charge is 2.28. The summed E-state index contributed by atoms with van der Waals surface area (Å²) in [6.45, 7) is 0. The molecule has 5 N–H and O–H groups in total. The van der Waals surface area contributed by atoms with Crippen LogP contribution in [0.1, 0.15) is 0 Å². The minimum atomic E-state index is -1.45. The lowest BCUT2D eigenvalue weighted by Gasteiger charge is -2.23. The van der Waals surface area contributed by atoms with E-state index in [1.165, 1.54) is 0 Å². The fourth-order valence-electron chi connectivity index (χ4n) is 0.644. The van der Waals surface area contributed by atoms with Crippen molar-refractivity contribution in [1.82, 2.24) is 0 Å². The van der Waals surface area contributed by atoms with Crippen molar-refractivity contribution >= 4 is 18.9 Å². The number of rotatable bonds is 5. The van der Waals surface area contributed by atoms with Crippen molar-refractivity contribution in [2.45, 2.75) is 24.4 Å². The molecule has 0 amide bonds. The van der Waals surface area contributed by atoms with E-state index in [9.17, 15) is 4.79 Å². The normalized spacial score (nSPS) is 21.1. The number of carbonyl (C=O) groups is 1. The molecule has 0 spiro atoms. The van der Waals surface area contributed by atoms with Gasteiger partial charge in [-0.05, 0) is 0 Å². The van der Waals surface area contributed by atoms with E-state index in [2.05, 4.69) is 12.6 Å². The summed E-state index contributed by atoms with van der Waals surface area (Å²) in [4.78, 5) is 10.1. The Labute approximate surface area is 75.6 Å². The van der Waals surface area contributed by atoms with Gasteiger partial charge in [0.05, 0.1) is 12.1 Å². The number of hydrogen-bond acceptors (Lipinski definition) is 6. The van der Waals surface area contributed by atoms with Crippen LogP contribution in [0.3, 0.4) is 0 Å². The van der Waals surface area contributed by atoms with E-state index in [1.54, 1.807) is 0 Å². The van der Waals surface area contributed by atoms with E-state index in [-0.39, 0.29) is 5.75 Å². The summed E-state index contributed by atoms with van der Waals surface area (Å²) in [5, 5.41) is 27.2. The van der Waals surface area contributed by atoms with Crippen LogP contribution >= 0.6 is 12.6 Å². The maximum Gasteiger partial charge on any atom is 0.139 e. The van der Waals surface area contributed by atoms with Crippen LogP contribution in [0.15, 0.2) is 0 Å². The summed E-state index contributed by atoms with van der Waals surface area (Å²) in [5.74, 6) is -0.0101. The fourth-order valence-corrected chi connectivity index (χ4v) is 0.860. The third-order valence-corrected chi connectivity index (χ3v) is 1.86. The molecular weight excluding hydrogens is 182 g/mol. The first-order valence-corrected chi connectivity index (χ1v) is 4.03. The third-order valence-electron chi connectivity index (χ3n) is 1.48. The Bertz CT molecular complexity index is 146. The molecule has 0 heterocycles. The van der Waals surface area contributed by atoms with E-state index in [4.69, 9.17) is 21.1 Å². The van der Waals surface area contributed by atoms with Crippen molar-refractivity contribution in [3.8, 4) is 0 Å². The quantitative estimate of drug-likeness (QED) is 0.247. The monoisotopic (exact) mass is 195 g/mol. The first-order chi connectivity index (χ1) is 5.54. The maximum absolute atomic E-state index is 10.1. The molecule has 72 valence electrons. The van der Waals surface area contributed by atoms with E-state index in [0.717, 1.165) is 0 Å². The van der Waals surface area contributed by atoms with Crippen LogP contribution in [0.5, 0.6) is 0 Å². The van der Waals surface area contributed by atoms with Gasteiger partial charge in [-0.3, -0.25) is 0 Å². The first kappa shape index (κ1) is 11.9. The zero-order chi connectivity index (χ0) is 9.72. The fraction of sp³-hybridized carbons (Fsp3) is 0.833. The molecule has 0 saturated carbocycles. The zero-order valence-corrected chi connectivity index (χ0v) is 7.26. The molecule has 0 unspecified atom stereocenters. The number of carbonyl (C=O) groups excluding carboxylic acids is 1. The highest BCUT2D eigenvalue weighted by atomic mass is 32.1. The van der Waals surface area contributed by atoms with Crippen molar-refractivity contribution in [1.29, 1.82) is 0 Å². The largest absolute Gasteiger partial charge is 0.389 e. The molecule has 0 radical (unpaired) electrons. The molecule has 0 saturated heterocycles. The summed E-state index contributed by atoms with van der Waals surface area (Å²) in [7, 11) is 0. The molecule has 0 aliphatic carbocycles. The summed E-state index contributed by atoms with van der Waals surface area (Å²) in [5.41, 5.74) is 5.10. The second kappa shape index (κ2) is 5.50. The van der Waals surface area contributed by atoms with Crippen LogP contribution in [0.4, 0.5) is 0 Å². The Kier molecular flexibility index (Phi) is 5.43. The van der Waals surface area contributed by atoms with Crippen LogP contribution in [-0.2, 0) is 4.79 Å². The van der Waals surface area contributed by atoms with Gasteiger partial charge in [-0.1, -0.05) is 0 Å². The molecule has 4 atom stereocenters. The molecule has 0 fully saturated rings. The number of aliphatic hydroxyl groups excluding tert-OH is 3. The number of nitrogens with two attached hydrogens (primary N) is 1. The molecule has 0 rings (SSSR count). The second-order valence-electron chi connectivity index (χ2n) is 2.44. The average Bonchev–Trinajstić information content (AvgIpc) is 2.12. The number of hydrogen-bond donors (Lipinski definition) is 5. The second-order valence-corrected chi connectivity index (χ2v) is 2.81. The van der Waals surface area contributed by atoms with Gasteiger partial charge in [0.1, 0.15) is 18.5 Å². The zero-order valence-electron chi connectivity index (χ0n) is 6.37. The van der Waals surface area contributed by atoms with Crippen molar-refractivity contribution < 1.29 is 20.1 Å². The third kappa shape index (κ3) is 3.08. The Balaban J connectivity index is 4.07. The van der Waals surface area contributed by atoms with Crippen molar-refractivity contribution in [2.24, 2.45) is 5.73 Å². The van der Waals surface area contributed by atoms with Gasteiger partial charge in [0.25, 0.3) is 0 Å². The van der Waals surface area contributed by atoms with Crippen molar-refractivity contribution in [2.75, 3.05) is 5.75 Å². The highest BCUT2D eigenvalue weighted by Crippen LogP contribution is 2.03. The predicted molar refractivity (Wildman–Crippen MR) is 45.9 cm³/mol. The predicted octanol–water partition coefficient (Wildman–Crippen LogP) is -2.47. The molecule has 0 aromatic carbocycles. The Morgan fingerprint density at radius 2 is 1.83 bits per heavy atom. The van der Waals surface area contributed by atoms with E-state index < -0.39 is 24.4 Å². The molecule has 0 bridgehead atoms. The molecule has 0 aliphatic rings. The lowest BCUT2D eigenvalue weighted by atomic mass is 10.0. The van der Waals surface area contributed by atoms with Crippen LogP contribution in [0.2, 0.25) is 0 Å². The molecule has 0 aromatic rings. The Hall–Kier alpha value is -0.140. The molecule has 0 aromatic heterocycles. The molecule has 0 aliphatic heterocycles. The molecular formula is C6H13NO4S. The summed E-state index contributed by atoms with van der Waals surface area (Å²) >= 11 is 3.70. The lowest BCUT2D eigenvalue weighted by molar-refractivity contribution is -0.115.